The molecule has 31 heavy (non-hydrogen) atoms. The molecule has 0 aliphatic rings. The zero-order chi connectivity index (χ0) is 22.3. The maximum absolute atomic E-state index is 13.3. The largest absolute Gasteiger partial charge is 0.508 e. The predicted octanol–water partition coefficient (Wildman–Crippen LogP) is 3.07. The summed E-state index contributed by atoms with van der Waals surface area (Å²) in [6.07, 6.45) is 3.25. The lowest BCUT2D eigenvalue weighted by Crippen LogP contribution is -2.24. The first-order chi connectivity index (χ1) is 14.8. The van der Waals surface area contributed by atoms with E-state index >= 15 is 0 Å². The van der Waals surface area contributed by atoms with E-state index in [4.69, 9.17) is 4.52 Å². The number of aromatic nitrogens is 5. The molecule has 0 aliphatic carbocycles. The molecule has 1 aromatic carbocycles. The van der Waals surface area contributed by atoms with Crippen LogP contribution in [-0.2, 0) is 13.1 Å². The minimum atomic E-state index is -0.374. The summed E-state index contributed by atoms with van der Waals surface area (Å²) in [5.74, 6) is 0.635. The highest BCUT2D eigenvalue weighted by Crippen LogP contribution is 2.28. The van der Waals surface area contributed by atoms with E-state index in [1.165, 1.54) is 9.13 Å². The van der Waals surface area contributed by atoms with Crippen molar-refractivity contribution in [1.29, 1.82) is 0 Å². The molecule has 0 radical (unpaired) electrons. The number of aryl methyl sites for hydroxylation is 2. The van der Waals surface area contributed by atoms with Gasteiger partial charge in [-0.25, -0.2) is 9.36 Å². The molecule has 2 N–H and O–H groups in total. The summed E-state index contributed by atoms with van der Waals surface area (Å²) < 4.78 is 9.66. The van der Waals surface area contributed by atoms with Crippen molar-refractivity contribution in [3.8, 4) is 17.3 Å². The van der Waals surface area contributed by atoms with Crippen LogP contribution in [0.1, 0.15) is 48.0 Å². The SMILES string of the molecule is Cc1noc(C)c1Cn1cc(-n2c(O)c(C(C)C)n(Cc3cccc(O)c3)c2=O)cn1. The summed E-state index contributed by atoms with van der Waals surface area (Å²) in [4.78, 5) is 13.3. The van der Waals surface area contributed by atoms with Gasteiger partial charge >= 0.3 is 5.69 Å². The topological polar surface area (TPSA) is 111 Å². The van der Waals surface area contributed by atoms with Gasteiger partial charge in [0.1, 0.15) is 11.5 Å². The predicted molar refractivity (Wildman–Crippen MR) is 114 cm³/mol. The monoisotopic (exact) mass is 423 g/mol. The molecule has 0 saturated heterocycles. The molecule has 0 amide bonds. The zero-order valence-electron chi connectivity index (χ0n) is 17.9. The van der Waals surface area contributed by atoms with Crippen molar-refractivity contribution in [3.05, 3.63) is 75.4 Å². The van der Waals surface area contributed by atoms with Crippen molar-refractivity contribution in [1.82, 2.24) is 24.1 Å². The summed E-state index contributed by atoms with van der Waals surface area (Å²) in [6.45, 7) is 8.21. The van der Waals surface area contributed by atoms with Crippen LogP contribution in [0.3, 0.4) is 0 Å². The molecule has 0 unspecified atom stereocenters. The van der Waals surface area contributed by atoms with Gasteiger partial charge in [-0.15, -0.1) is 0 Å². The van der Waals surface area contributed by atoms with Gasteiger partial charge in [0.15, 0.2) is 0 Å². The second-order valence-corrected chi connectivity index (χ2v) is 7.94. The smallest absolute Gasteiger partial charge is 0.336 e. The van der Waals surface area contributed by atoms with E-state index < -0.39 is 0 Å². The lowest BCUT2D eigenvalue weighted by molar-refractivity contribution is 0.391. The first-order valence-electron chi connectivity index (χ1n) is 10.0. The Morgan fingerprint density at radius 3 is 2.58 bits per heavy atom. The Balaban J connectivity index is 1.74. The van der Waals surface area contributed by atoms with Gasteiger partial charge in [-0.05, 0) is 37.5 Å². The Kier molecular flexibility index (Phi) is 5.18. The van der Waals surface area contributed by atoms with Crippen LogP contribution in [0.2, 0.25) is 0 Å². The molecule has 3 aromatic heterocycles. The Bertz CT molecular complexity index is 1270. The number of hydrogen-bond acceptors (Lipinski definition) is 6. The van der Waals surface area contributed by atoms with Crippen molar-refractivity contribution in [2.75, 3.05) is 0 Å². The maximum Gasteiger partial charge on any atom is 0.336 e. The molecule has 0 aliphatic heterocycles. The summed E-state index contributed by atoms with van der Waals surface area (Å²) in [5.41, 5.74) is 3.08. The first-order valence-corrected chi connectivity index (χ1v) is 10.0. The van der Waals surface area contributed by atoms with E-state index in [1.54, 1.807) is 35.3 Å². The van der Waals surface area contributed by atoms with Crippen molar-refractivity contribution in [2.24, 2.45) is 0 Å². The Morgan fingerprint density at radius 1 is 1.16 bits per heavy atom. The van der Waals surface area contributed by atoms with Gasteiger partial charge in [-0.3, -0.25) is 9.25 Å². The number of benzene rings is 1. The third-order valence-corrected chi connectivity index (χ3v) is 5.33. The number of aromatic hydroxyl groups is 2. The fraction of sp³-hybridized carbons (Fsp3) is 0.318. The van der Waals surface area contributed by atoms with Gasteiger partial charge < -0.3 is 14.7 Å². The lowest BCUT2D eigenvalue weighted by Gasteiger charge is -2.10. The van der Waals surface area contributed by atoms with Crippen molar-refractivity contribution in [2.45, 2.75) is 46.7 Å². The van der Waals surface area contributed by atoms with Gasteiger partial charge in [0.2, 0.25) is 5.88 Å². The molecule has 9 nitrogen and oxygen atoms in total. The van der Waals surface area contributed by atoms with Gasteiger partial charge in [0.25, 0.3) is 0 Å². The molecule has 0 atom stereocenters. The molecule has 0 spiro atoms. The summed E-state index contributed by atoms with van der Waals surface area (Å²) in [6, 6.07) is 6.73. The number of phenolic OH excluding ortho intramolecular Hbond substituents is 1. The highest BCUT2D eigenvalue weighted by molar-refractivity contribution is 5.38. The van der Waals surface area contributed by atoms with Crippen LogP contribution in [0.25, 0.3) is 5.69 Å². The van der Waals surface area contributed by atoms with E-state index in [9.17, 15) is 15.0 Å². The molecule has 4 rings (SSSR count). The molecule has 3 heterocycles. The number of rotatable bonds is 6. The molecule has 9 heteroatoms. The van der Waals surface area contributed by atoms with Crippen LogP contribution in [0.5, 0.6) is 11.6 Å². The average Bonchev–Trinajstić information content (AvgIpc) is 3.35. The van der Waals surface area contributed by atoms with Crippen LogP contribution in [0.15, 0.2) is 46.0 Å². The summed E-state index contributed by atoms with van der Waals surface area (Å²) >= 11 is 0. The first kappa shape index (κ1) is 20.5. The highest BCUT2D eigenvalue weighted by atomic mass is 16.5. The number of imidazole rings is 1. The quantitative estimate of drug-likeness (QED) is 0.493. The van der Waals surface area contributed by atoms with Gasteiger partial charge in [-0.1, -0.05) is 31.1 Å². The molecule has 0 saturated carbocycles. The zero-order valence-corrected chi connectivity index (χ0v) is 17.9. The van der Waals surface area contributed by atoms with Gasteiger partial charge in [-0.2, -0.15) is 5.10 Å². The maximum atomic E-state index is 13.3. The molecule has 0 bridgehead atoms. The fourth-order valence-electron chi connectivity index (χ4n) is 3.79. The molecule has 0 fully saturated rings. The van der Waals surface area contributed by atoms with Crippen LogP contribution < -0.4 is 5.69 Å². The fourth-order valence-corrected chi connectivity index (χ4v) is 3.79. The number of nitrogens with zero attached hydrogens (tertiary/aromatic N) is 5. The molecular formula is C22H25N5O4. The van der Waals surface area contributed by atoms with Gasteiger partial charge in [0.05, 0.1) is 36.4 Å². The highest BCUT2D eigenvalue weighted by Gasteiger charge is 2.24. The van der Waals surface area contributed by atoms with Crippen LogP contribution >= 0.6 is 0 Å². The van der Waals surface area contributed by atoms with E-state index in [1.807, 2.05) is 33.8 Å². The van der Waals surface area contributed by atoms with Crippen LogP contribution in [-0.4, -0.2) is 34.3 Å². The van der Waals surface area contributed by atoms with E-state index in [-0.39, 0.29) is 29.8 Å². The Labute approximate surface area is 178 Å². The minimum Gasteiger partial charge on any atom is -0.508 e. The van der Waals surface area contributed by atoms with E-state index in [2.05, 4.69) is 10.3 Å². The molecule has 4 aromatic rings. The van der Waals surface area contributed by atoms with Crippen molar-refractivity contribution in [3.63, 3.8) is 0 Å². The van der Waals surface area contributed by atoms with Crippen molar-refractivity contribution >= 4 is 0 Å². The summed E-state index contributed by atoms with van der Waals surface area (Å²) in [7, 11) is 0. The second-order valence-electron chi connectivity index (χ2n) is 7.94. The lowest BCUT2D eigenvalue weighted by atomic mass is 10.1. The van der Waals surface area contributed by atoms with Crippen LogP contribution in [0.4, 0.5) is 0 Å². The minimum absolute atomic E-state index is 0.0939. The third kappa shape index (κ3) is 3.74. The third-order valence-electron chi connectivity index (χ3n) is 5.33. The van der Waals surface area contributed by atoms with E-state index in [0.717, 1.165) is 16.8 Å². The standard InChI is InChI=1S/C22H25N5O4/c1-13(2)20-21(29)27(22(30)26(20)10-16-6-5-7-18(28)8-16)17-9-23-25(11-17)12-19-14(3)24-31-15(19)4/h5-9,11,13,28-29H,10,12H2,1-4H3. The Morgan fingerprint density at radius 2 is 1.94 bits per heavy atom. The number of hydrogen-bond donors (Lipinski definition) is 2. The number of phenols is 1. The molecular weight excluding hydrogens is 398 g/mol. The second kappa shape index (κ2) is 7.82. The van der Waals surface area contributed by atoms with Crippen molar-refractivity contribution < 1.29 is 14.7 Å². The van der Waals surface area contributed by atoms with Gasteiger partial charge in [0, 0.05) is 11.8 Å². The normalized spacial score (nSPS) is 11.5. The molecule has 162 valence electrons. The van der Waals surface area contributed by atoms with E-state index in [0.29, 0.717) is 23.7 Å². The summed E-state index contributed by atoms with van der Waals surface area (Å²) in [5, 5.41) is 29.0. The Hall–Kier alpha value is -3.75. The van der Waals surface area contributed by atoms with Crippen LogP contribution in [0, 0.1) is 13.8 Å². The average molecular weight is 423 g/mol.